The molecule has 2 rings (SSSR count). The van der Waals surface area contributed by atoms with Crippen molar-refractivity contribution in [3.8, 4) is 5.75 Å². The van der Waals surface area contributed by atoms with E-state index in [4.69, 9.17) is 10.5 Å². The van der Waals surface area contributed by atoms with Crippen molar-refractivity contribution >= 4 is 5.82 Å². The molecule has 1 aromatic heterocycles. The number of anilines is 1. The third-order valence-corrected chi connectivity index (χ3v) is 3.24. The van der Waals surface area contributed by atoms with Crippen LogP contribution in [0.25, 0.3) is 0 Å². The highest BCUT2D eigenvalue weighted by atomic mass is 16.5. The summed E-state index contributed by atoms with van der Waals surface area (Å²) in [7, 11) is 1.68. The van der Waals surface area contributed by atoms with Crippen molar-refractivity contribution in [1.29, 1.82) is 0 Å². The van der Waals surface area contributed by atoms with Gasteiger partial charge in [-0.25, -0.2) is 4.98 Å². The molecule has 1 aliphatic rings. The SMILES string of the molecule is COc1cccnc1N1CCC(C(C)N)C1. The van der Waals surface area contributed by atoms with E-state index in [1.165, 1.54) is 0 Å². The number of ether oxygens (including phenoxy) is 1. The van der Waals surface area contributed by atoms with Gasteiger partial charge >= 0.3 is 0 Å². The van der Waals surface area contributed by atoms with Crippen molar-refractivity contribution in [2.75, 3.05) is 25.1 Å². The van der Waals surface area contributed by atoms with Crippen LogP contribution in [0.2, 0.25) is 0 Å². The van der Waals surface area contributed by atoms with Crippen molar-refractivity contribution < 1.29 is 4.74 Å². The summed E-state index contributed by atoms with van der Waals surface area (Å²) >= 11 is 0. The Kier molecular flexibility index (Phi) is 3.29. The summed E-state index contributed by atoms with van der Waals surface area (Å²) in [6, 6.07) is 4.09. The molecule has 1 aliphatic heterocycles. The van der Waals surface area contributed by atoms with E-state index in [2.05, 4.69) is 16.8 Å². The van der Waals surface area contributed by atoms with Crippen LogP contribution in [0.4, 0.5) is 5.82 Å². The van der Waals surface area contributed by atoms with Gasteiger partial charge in [0.15, 0.2) is 11.6 Å². The lowest BCUT2D eigenvalue weighted by molar-refractivity contribution is 0.412. The molecular formula is C12H19N3O. The first kappa shape index (κ1) is 11.2. The van der Waals surface area contributed by atoms with Crippen LogP contribution in [0.1, 0.15) is 13.3 Å². The minimum Gasteiger partial charge on any atom is -0.493 e. The summed E-state index contributed by atoms with van der Waals surface area (Å²) in [5, 5.41) is 0. The lowest BCUT2D eigenvalue weighted by atomic mass is 10.0. The number of aromatic nitrogens is 1. The van der Waals surface area contributed by atoms with Crippen molar-refractivity contribution in [1.82, 2.24) is 4.98 Å². The Morgan fingerprint density at radius 3 is 3.06 bits per heavy atom. The normalized spacial score (nSPS) is 22.2. The maximum Gasteiger partial charge on any atom is 0.171 e. The van der Waals surface area contributed by atoms with E-state index >= 15 is 0 Å². The van der Waals surface area contributed by atoms with E-state index in [1.54, 1.807) is 13.3 Å². The highest BCUT2D eigenvalue weighted by Crippen LogP contribution is 2.30. The highest BCUT2D eigenvalue weighted by molar-refractivity contribution is 5.52. The molecule has 88 valence electrons. The Morgan fingerprint density at radius 1 is 1.62 bits per heavy atom. The van der Waals surface area contributed by atoms with Gasteiger partial charge in [-0.2, -0.15) is 0 Å². The van der Waals surface area contributed by atoms with Crippen molar-refractivity contribution in [3.63, 3.8) is 0 Å². The molecule has 1 aromatic rings. The van der Waals surface area contributed by atoms with Crippen LogP contribution >= 0.6 is 0 Å². The van der Waals surface area contributed by atoms with Gasteiger partial charge in [0.1, 0.15) is 0 Å². The minimum absolute atomic E-state index is 0.250. The third kappa shape index (κ3) is 2.11. The summed E-state index contributed by atoms with van der Waals surface area (Å²) in [5.74, 6) is 2.34. The standard InChI is InChI=1S/C12H19N3O/c1-9(13)10-5-7-15(8-10)12-11(16-2)4-3-6-14-12/h3-4,6,9-10H,5,7-8,13H2,1-2H3. The van der Waals surface area contributed by atoms with Gasteiger partial charge < -0.3 is 15.4 Å². The second-order valence-electron chi connectivity index (χ2n) is 4.38. The van der Waals surface area contributed by atoms with Gasteiger partial charge in [0.2, 0.25) is 0 Å². The zero-order chi connectivity index (χ0) is 11.5. The molecule has 2 atom stereocenters. The molecule has 16 heavy (non-hydrogen) atoms. The summed E-state index contributed by atoms with van der Waals surface area (Å²) in [6.07, 6.45) is 2.94. The van der Waals surface area contributed by atoms with Crippen LogP contribution in [0, 0.1) is 5.92 Å². The third-order valence-electron chi connectivity index (χ3n) is 3.24. The number of nitrogens with zero attached hydrogens (tertiary/aromatic N) is 2. The summed E-state index contributed by atoms with van der Waals surface area (Å²) in [6.45, 7) is 4.06. The van der Waals surface area contributed by atoms with Crippen molar-refractivity contribution in [2.24, 2.45) is 11.7 Å². The maximum atomic E-state index is 5.93. The van der Waals surface area contributed by atoms with E-state index < -0.39 is 0 Å². The van der Waals surface area contributed by atoms with Gasteiger partial charge in [-0.3, -0.25) is 0 Å². The van der Waals surface area contributed by atoms with Gasteiger partial charge in [-0.05, 0) is 31.4 Å². The zero-order valence-corrected chi connectivity index (χ0v) is 9.89. The molecule has 4 nitrogen and oxygen atoms in total. The van der Waals surface area contributed by atoms with E-state index in [9.17, 15) is 0 Å². The Labute approximate surface area is 96.4 Å². The van der Waals surface area contributed by atoms with Crippen LogP contribution in [-0.2, 0) is 0 Å². The van der Waals surface area contributed by atoms with E-state index in [0.717, 1.165) is 31.1 Å². The van der Waals surface area contributed by atoms with Gasteiger partial charge in [0, 0.05) is 25.3 Å². The fourth-order valence-corrected chi connectivity index (χ4v) is 2.19. The average molecular weight is 221 g/mol. The second kappa shape index (κ2) is 4.70. The smallest absolute Gasteiger partial charge is 0.171 e. The number of hydrogen-bond donors (Lipinski definition) is 1. The highest BCUT2D eigenvalue weighted by Gasteiger charge is 2.27. The van der Waals surface area contributed by atoms with Crippen molar-refractivity contribution in [2.45, 2.75) is 19.4 Å². The first-order valence-electron chi connectivity index (χ1n) is 5.72. The molecule has 0 spiro atoms. The number of rotatable bonds is 3. The van der Waals surface area contributed by atoms with Crippen LogP contribution in [-0.4, -0.2) is 31.2 Å². The molecule has 0 bridgehead atoms. The lowest BCUT2D eigenvalue weighted by Gasteiger charge is -2.20. The van der Waals surface area contributed by atoms with Crippen molar-refractivity contribution in [3.05, 3.63) is 18.3 Å². The summed E-state index contributed by atoms with van der Waals surface area (Å²) in [5.41, 5.74) is 5.93. The number of hydrogen-bond acceptors (Lipinski definition) is 4. The van der Waals surface area contributed by atoms with E-state index in [1.807, 2.05) is 12.1 Å². The first-order chi connectivity index (χ1) is 7.72. The first-order valence-corrected chi connectivity index (χ1v) is 5.72. The Hall–Kier alpha value is -1.29. The van der Waals surface area contributed by atoms with Crippen LogP contribution in [0.3, 0.4) is 0 Å². The molecule has 4 heteroatoms. The predicted molar refractivity (Wildman–Crippen MR) is 64.8 cm³/mol. The minimum atomic E-state index is 0.250. The summed E-state index contributed by atoms with van der Waals surface area (Å²) < 4.78 is 5.32. The van der Waals surface area contributed by atoms with E-state index in [0.29, 0.717) is 5.92 Å². The molecule has 2 heterocycles. The zero-order valence-electron chi connectivity index (χ0n) is 9.89. The molecule has 0 amide bonds. The number of pyridine rings is 1. The van der Waals surface area contributed by atoms with Crippen LogP contribution in [0.15, 0.2) is 18.3 Å². The molecule has 0 aromatic carbocycles. The average Bonchev–Trinajstić information content (AvgIpc) is 2.78. The molecule has 2 N–H and O–H groups in total. The summed E-state index contributed by atoms with van der Waals surface area (Å²) in [4.78, 5) is 6.64. The van der Waals surface area contributed by atoms with Gasteiger partial charge in [0.25, 0.3) is 0 Å². The quantitative estimate of drug-likeness (QED) is 0.835. The molecule has 0 aliphatic carbocycles. The molecule has 2 unspecified atom stereocenters. The van der Waals surface area contributed by atoms with Gasteiger partial charge in [0.05, 0.1) is 7.11 Å². The molecule has 1 saturated heterocycles. The molecule has 0 radical (unpaired) electrons. The topological polar surface area (TPSA) is 51.4 Å². The van der Waals surface area contributed by atoms with Crippen LogP contribution in [0.5, 0.6) is 5.75 Å². The molecule has 0 saturated carbocycles. The predicted octanol–water partition coefficient (Wildman–Crippen LogP) is 1.26. The molecular weight excluding hydrogens is 202 g/mol. The van der Waals surface area contributed by atoms with E-state index in [-0.39, 0.29) is 6.04 Å². The van der Waals surface area contributed by atoms with Gasteiger partial charge in [-0.15, -0.1) is 0 Å². The Balaban J connectivity index is 2.14. The maximum absolute atomic E-state index is 5.93. The lowest BCUT2D eigenvalue weighted by Crippen LogP contribution is -2.30. The van der Waals surface area contributed by atoms with Gasteiger partial charge in [-0.1, -0.05) is 0 Å². The fraction of sp³-hybridized carbons (Fsp3) is 0.583. The molecule has 1 fully saturated rings. The number of nitrogens with two attached hydrogens (primary N) is 1. The largest absolute Gasteiger partial charge is 0.493 e. The Morgan fingerprint density at radius 2 is 2.44 bits per heavy atom. The van der Waals surface area contributed by atoms with Crippen LogP contribution < -0.4 is 15.4 Å². The fourth-order valence-electron chi connectivity index (χ4n) is 2.19. The second-order valence-corrected chi connectivity index (χ2v) is 4.38. The number of methoxy groups -OCH3 is 1. The Bertz CT molecular complexity index is 354. The monoisotopic (exact) mass is 221 g/mol.